The molecule has 3 aliphatic rings. The average molecular weight is 1920 g/mol. The smallest absolute Gasteiger partial charge is 0.246 e. The average Bonchev–Trinajstić information content (AvgIpc) is 1.48. The number of hydrogen-bond acceptors (Lipinski definition) is 22. The lowest BCUT2D eigenvalue weighted by molar-refractivity contribution is -0.149. The Labute approximate surface area is 798 Å². The largest absolute Gasteiger partial charge is 0.508 e. The lowest BCUT2D eigenvalue weighted by Gasteiger charge is -2.36. The Hall–Kier alpha value is -13.3. The number of imidazole rings is 1. The van der Waals surface area contributed by atoms with Crippen LogP contribution in [0.15, 0.2) is 121 Å². The second-order valence-corrected chi connectivity index (χ2v) is 37.3. The Morgan fingerprint density at radius 1 is 0.537 bits per heavy atom. The van der Waals surface area contributed by atoms with Gasteiger partial charge in [0.05, 0.1) is 31.1 Å². The van der Waals surface area contributed by atoms with Crippen molar-refractivity contribution < 1.29 is 91.7 Å². The Balaban J connectivity index is 0.0000207. The van der Waals surface area contributed by atoms with Crippen LogP contribution in [0.3, 0.4) is 0 Å². The molecule has 6 heterocycles. The number of primary amides is 2. The normalized spacial score (nSPS) is 24.1. The molecule has 7 aromatic rings. The van der Waals surface area contributed by atoms with Gasteiger partial charge in [-0.1, -0.05) is 121 Å². The number of Topliss-reactive ketones (excluding diaryl/α,β-unsaturated/α-hetero) is 1. The molecule has 0 unspecified atom stereocenters. The van der Waals surface area contributed by atoms with Crippen molar-refractivity contribution >= 4 is 144 Å². The summed E-state index contributed by atoms with van der Waals surface area (Å²) >= 11 is 2.20. The van der Waals surface area contributed by atoms with Gasteiger partial charge in [-0.25, -0.2) is 4.98 Å². The topological polar surface area (TPSA) is 552 Å². The van der Waals surface area contributed by atoms with Gasteiger partial charge >= 0.3 is 0 Å². The molecule has 17 N–H and O–H groups in total. The van der Waals surface area contributed by atoms with Crippen LogP contribution in [0, 0.1) is 11.8 Å². The molecule has 0 radical (unpaired) electrons. The summed E-state index contributed by atoms with van der Waals surface area (Å²) in [5, 5.41) is 48.6. The van der Waals surface area contributed by atoms with Gasteiger partial charge in [0.25, 0.3) is 0 Å². The van der Waals surface area contributed by atoms with Gasteiger partial charge in [0.1, 0.15) is 84.0 Å². The van der Waals surface area contributed by atoms with Crippen molar-refractivity contribution in [1.29, 1.82) is 0 Å². The first kappa shape index (κ1) is 106. The molecular weight excluding hydrogens is 1790 g/mol. The van der Waals surface area contributed by atoms with Gasteiger partial charge in [0, 0.05) is 112 Å². The molecule has 40 heteroatoms. The summed E-state index contributed by atoms with van der Waals surface area (Å²) in [6.07, 6.45) is 4.77. The number of ketones is 1. The number of aromatic nitrogens is 3. The molecular formula is C96H129N19O19S2. The number of hydrogen-bond donors (Lipinski definition) is 15. The van der Waals surface area contributed by atoms with Crippen molar-refractivity contribution in [3.63, 3.8) is 0 Å². The van der Waals surface area contributed by atoms with Crippen LogP contribution in [-0.4, -0.2) is 281 Å². The number of nitrogens with zero attached hydrogens (tertiary/aromatic N) is 6. The maximum Gasteiger partial charge on any atom is 0.246 e. The van der Waals surface area contributed by atoms with Gasteiger partial charge < -0.3 is 104 Å². The lowest BCUT2D eigenvalue weighted by atomic mass is 9.89. The molecule has 0 bridgehead atoms. The minimum Gasteiger partial charge on any atom is -0.508 e. The van der Waals surface area contributed by atoms with Crippen LogP contribution in [0.5, 0.6) is 11.5 Å². The molecule has 3 saturated heterocycles. The molecule has 4 aromatic carbocycles. The highest BCUT2D eigenvalue weighted by Crippen LogP contribution is 2.31. The monoisotopic (exact) mass is 1920 g/mol. The fraction of sp³-hybridized carbons (Fsp3) is 0.500. The SMILES string of the molecule is C.CCCC[C@H]1C(=O)N(C)[C@@H](CCCC)C(=O)N[C@@H](C)C(=O)N[C@H](C(=O)NCC(N)=O)CSCC(=O)N[C@@H](Cc2ccc(O)cc2)C(=O)N(C)[C@@H](C)C(=O)N[C@@H](CC(N)=O)C(=O)N2CCC[C@H]2C(=O)N[C@@H](Cc2cnc[nH]2)C(=O)N[C@@H](CC(C)C)C(=O)N2CCC[C@H]2C(=O)N[C@@H](Cc2c[nH]c3ccccc23)C(=O)C[C@@H](Cc2ccc(O)cc2)C(=O)N[C@@H](Cc2csc3ccccc23)C(=O)N1C. The molecule has 3 aromatic heterocycles. The van der Waals surface area contributed by atoms with Gasteiger partial charge in [0.15, 0.2) is 5.78 Å². The highest BCUT2D eigenvalue weighted by Gasteiger charge is 2.46. The van der Waals surface area contributed by atoms with Gasteiger partial charge in [0.2, 0.25) is 94.5 Å². The van der Waals surface area contributed by atoms with E-state index >= 15 is 33.6 Å². The van der Waals surface area contributed by atoms with Gasteiger partial charge in [-0.05, 0) is 141 Å². The Morgan fingerprint density at radius 3 is 1.70 bits per heavy atom. The van der Waals surface area contributed by atoms with E-state index in [0.29, 0.717) is 71.0 Å². The van der Waals surface area contributed by atoms with E-state index in [1.165, 1.54) is 110 Å². The van der Waals surface area contributed by atoms with Crippen molar-refractivity contribution in [2.24, 2.45) is 23.3 Å². The van der Waals surface area contributed by atoms with Crippen molar-refractivity contribution in [3.05, 3.63) is 149 Å². The summed E-state index contributed by atoms with van der Waals surface area (Å²) in [5.74, 6) is -17.0. The number of carbonyl (C=O) groups is 17. The lowest BCUT2D eigenvalue weighted by Crippen LogP contribution is -2.60. The maximum absolute atomic E-state index is 16.0. The third-order valence-corrected chi connectivity index (χ3v) is 26.9. The molecule has 734 valence electrons. The molecule has 0 saturated carbocycles. The zero-order chi connectivity index (χ0) is 98.0. The van der Waals surface area contributed by atoms with Crippen molar-refractivity contribution in [3.8, 4) is 11.5 Å². The number of aromatic hydroxyl groups is 2. The molecule has 136 heavy (non-hydrogen) atoms. The summed E-state index contributed by atoms with van der Waals surface area (Å²) in [7, 11) is 4.06. The summed E-state index contributed by atoms with van der Waals surface area (Å²) in [4.78, 5) is 267. The number of thiophene rings is 1. The van der Waals surface area contributed by atoms with E-state index in [1.807, 2.05) is 75.5 Å². The number of nitrogens with two attached hydrogens (primary N) is 2. The third kappa shape index (κ3) is 28.9. The highest BCUT2D eigenvalue weighted by molar-refractivity contribution is 8.00. The number of benzene rings is 4. The van der Waals surface area contributed by atoms with Gasteiger partial charge in [-0.15, -0.1) is 23.1 Å². The van der Waals surface area contributed by atoms with Crippen LogP contribution in [0.4, 0.5) is 0 Å². The number of thioether (sulfide) groups is 1. The van der Waals surface area contributed by atoms with E-state index in [4.69, 9.17) is 11.5 Å². The van der Waals surface area contributed by atoms with E-state index in [0.717, 1.165) is 31.6 Å². The number of para-hydroxylation sites is 1. The second-order valence-electron chi connectivity index (χ2n) is 35.3. The predicted octanol–water partition coefficient (Wildman–Crippen LogP) is 3.27. The van der Waals surface area contributed by atoms with E-state index in [1.54, 1.807) is 24.4 Å². The number of amides is 16. The molecule has 3 aliphatic heterocycles. The van der Waals surface area contributed by atoms with Gasteiger partial charge in [-0.3, -0.25) is 81.5 Å². The van der Waals surface area contributed by atoms with E-state index in [2.05, 4.69) is 62.8 Å². The minimum atomic E-state index is -1.75. The summed E-state index contributed by atoms with van der Waals surface area (Å²) < 4.78 is 0.862. The van der Waals surface area contributed by atoms with Crippen LogP contribution in [0.2, 0.25) is 0 Å². The number of phenols is 2. The standard InChI is InChI=1S/C95H125N19O19S2.CH4/c1-10-12-23-74-88(126)102-54(5)83(121)109-73(86(124)100-48-81(97)119)50-134-51-82(120)103-70(40-57-30-34-63(116)35-31-57)91(129)110(7)55(6)84(122)106-72(45-80(96)118)94(132)114-37-19-26-76(114)90(128)105-68(44-61-47-98-52-101-61)87(125)108-69(38-53(3)4)93(131)113-36-18-25-75(113)89(127)104-67(41-59-46-99-66-22-16-14-20-64(59)66)78(117)43-58(39-56-28-32-62(115)33-29-56)85(123)107-71(42-60-49-135-79-27-17-15-21-65(60)79)92(130)112(9)77(24-13-11-2)95(133)111(74)8;/h14-17,20-22,27-35,46-47,49,52-55,58,67-77,99,115-116H,10-13,18-19,23-26,36-45,48,50-51H2,1-9H3,(H2,96,118)(H2,97,119)(H,98,101)(H,100,124)(H,102,126)(H,103,120)(H,104,127)(H,105,128)(H,106,122)(H,107,123)(H,108,125)(H,109,121);1H4/t54-,55-,58+,67-,68-,69-,70-,71-,72-,73-,74-,75-,76-,77-;/m0./s1. The van der Waals surface area contributed by atoms with Crippen molar-refractivity contribution in [2.45, 2.75) is 243 Å². The molecule has 3 fully saturated rings. The first-order chi connectivity index (χ1) is 64.4. The summed E-state index contributed by atoms with van der Waals surface area (Å²) in [6.45, 7) is 9.25. The van der Waals surface area contributed by atoms with Crippen molar-refractivity contribution in [1.82, 2.24) is 87.3 Å². The van der Waals surface area contributed by atoms with E-state index in [-0.39, 0.29) is 114 Å². The number of fused-ring (bicyclic) bond motifs is 4. The third-order valence-electron chi connectivity index (χ3n) is 24.8. The first-order valence-corrected chi connectivity index (χ1v) is 47.8. The fourth-order valence-corrected chi connectivity index (χ4v) is 19.0. The van der Waals surface area contributed by atoms with Crippen LogP contribution in [0.1, 0.15) is 160 Å². The Bertz CT molecular complexity index is 5400. The quantitative estimate of drug-likeness (QED) is 0.0437. The zero-order valence-electron chi connectivity index (χ0n) is 77.5. The number of rotatable bonds is 23. The van der Waals surface area contributed by atoms with E-state index in [9.17, 15) is 58.2 Å². The fourth-order valence-electron chi connectivity index (χ4n) is 17.2. The van der Waals surface area contributed by atoms with Crippen LogP contribution >= 0.6 is 23.1 Å². The predicted molar refractivity (Wildman–Crippen MR) is 511 cm³/mol. The minimum absolute atomic E-state index is 0. The zero-order valence-corrected chi connectivity index (χ0v) is 79.1. The summed E-state index contributed by atoms with van der Waals surface area (Å²) in [5.41, 5.74) is 14.4. The van der Waals surface area contributed by atoms with E-state index < -0.39 is 210 Å². The molecule has 16 amide bonds. The molecule has 0 aliphatic carbocycles. The number of aromatic amines is 2. The highest BCUT2D eigenvalue weighted by atomic mass is 32.2. The van der Waals surface area contributed by atoms with Crippen LogP contribution < -0.4 is 59.3 Å². The number of phenolic OH excluding ortho intramolecular Hbond substituents is 2. The second kappa shape index (κ2) is 50.3. The molecule has 10 rings (SSSR count). The summed E-state index contributed by atoms with van der Waals surface area (Å²) in [6, 6.07) is 7.77. The number of carbonyl (C=O) groups excluding carboxylic acids is 17. The molecule has 38 nitrogen and oxygen atoms in total. The number of likely N-dealkylation sites (N-methyl/N-ethyl adjacent to an activating group) is 3. The molecule has 14 atom stereocenters. The number of nitrogens with one attached hydrogen (secondary N) is 11. The number of H-pyrrole nitrogens is 2. The van der Waals surface area contributed by atoms with Crippen molar-refractivity contribution in [2.75, 3.05) is 52.3 Å². The number of unbranched alkanes of at least 4 members (excludes halogenated alkanes) is 2. The van der Waals surface area contributed by atoms with Crippen LogP contribution in [-0.2, 0) is 114 Å². The maximum atomic E-state index is 16.0. The first-order valence-electron chi connectivity index (χ1n) is 45.7. The van der Waals surface area contributed by atoms with Crippen LogP contribution in [0.25, 0.3) is 21.0 Å². The molecule has 0 spiro atoms. The Kier molecular flexibility index (Phi) is 39.4. The Morgan fingerprint density at radius 2 is 1.09 bits per heavy atom. The van der Waals surface area contributed by atoms with Gasteiger partial charge in [-0.2, -0.15) is 0 Å².